The number of rotatable bonds is 6. The maximum atomic E-state index is 14.6. The van der Waals surface area contributed by atoms with Crippen molar-refractivity contribution >= 4 is 5.91 Å². The molecule has 4 aromatic carbocycles. The van der Waals surface area contributed by atoms with Crippen molar-refractivity contribution in [1.82, 2.24) is 5.32 Å². The van der Waals surface area contributed by atoms with Gasteiger partial charge in [-0.15, -0.1) is 0 Å². The molecular weight excluding hydrogens is 549 g/mol. The summed E-state index contributed by atoms with van der Waals surface area (Å²) in [5.41, 5.74) is -6.11. The zero-order chi connectivity index (χ0) is 29.3. The molecule has 4 aromatic rings. The average Bonchev–Trinajstić information content (AvgIpc) is 2.87. The summed E-state index contributed by atoms with van der Waals surface area (Å²) >= 11 is 0. The molecule has 0 aliphatic heterocycles. The first-order valence-electron chi connectivity index (χ1n) is 11.6. The summed E-state index contributed by atoms with van der Waals surface area (Å²) in [4.78, 5) is 13.4. The van der Waals surface area contributed by atoms with Gasteiger partial charge in [-0.3, -0.25) is 4.79 Å². The fraction of sp³-hybridized carbons (Fsp3) is 0.138. The van der Waals surface area contributed by atoms with E-state index >= 15 is 0 Å². The van der Waals surface area contributed by atoms with Gasteiger partial charge in [0.2, 0.25) is 0 Å². The van der Waals surface area contributed by atoms with Crippen LogP contribution >= 0.6 is 0 Å². The summed E-state index contributed by atoms with van der Waals surface area (Å²) in [5, 5.41) is 2.31. The molecule has 0 radical (unpaired) electrons. The van der Waals surface area contributed by atoms with Gasteiger partial charge in [-0.25, -0.2) is 13.2 Å². The number of carbonyl (C=O) groups is 1. The predicted octanol–water partition coefficient (Wildman–Crippen LogP) is 8.06. The van der Waals surface area contributed by atoms with E-state index in [-0.39, 0.29) is 23.3 Å². The van der Waals surface area contributed by atoms with Gasteiger partial charge in [0, 0.05) is 18.6 Å². The number of carbonyl (C=O) groups excluding carboxylic acids is 1. The molecule has 0 heterocycles. The van der Waals surface area contributed by atoms with Crippen LogP contribution in [0.25, 0.3) is 0 Å². The van der Waals surface area contributed by atoms with Crippen LogP contribution in [0.5, 0.6) is 0 Å². The summed E-state index contributed by atoms with van der Waals surface area (Å²) in [6, 6.07) is 15.2. The minimum Gasteiger partial charge on any atom is -0.338 e. The standard InChI is InChI=1S/C29H18F9NO/c30-22-14-23(31)25(24(32)15-22)26(40)39-27(16-17-6-2-1-3-7-17,18-8-4-10-20(12-18)28(33,34)35)19-9-5-11-21(13-19)29(36,37)38/h1-15H,16H2,(H,39,40). The molecule has 0 saturated heterocycles. The molecule has 208 valence electrons. The van der Waals surface area contributed by atoms with Crippen molar-refractivity contribution < 1.29 is 44.3 Å². The van der Waals surface area contributed by atoms with Gasteiger partial charge < -0.3 is 5.32 Å². The Morgan fingerprint density at radius 3 is 1.50 bits per heavy atom. The highest BCUT2D eigenvalue weighted by Crippen LogP contribution is 2.40. The number of hydrogen-bond donors (Lipinski definition) is 1. The Bertz CT molecular complexity index is 1450. The van der Waals surface area contributed by atoms with Crippen molar-refractivity contribution in [3.63, 3.8) is 0 Å². The van der Waals surface area contributed by atoms with Gasteiger partial charge in [0.05, 0.1) is 16.7 Å². The first-order chi connectivity index (χ1) is 18.7. The van der Waals surface area contributed by atoms with E-state index in [2.05, 4.69) is 5.32 Å². The van der Waals surface area contributed by atoms with Crippen molar-refractivity contribution in [1.29, 1.82) is 0 Å². The largest absolute Gasteiger partial charge is 0.416 e. The second-order valence-electron chi connectivity index (χ2n) is 8.92. The molecule has 0 aliphatic carbocycles. The zero-order valence-electron chi connectivity index (χ0n) is 20.2. The minimum absolute atomic E-state index is 0.228. The molecule has 1 N–H and O–H groups in total. The van der Waals surface area contributed by atoms with E-state index in [4.69, 9.17) is 0 Å². The van der Waals surface area contributed by atoms with Crippen LogP contribution in [0.3, 0.4) is 0 Å². The number of alkyl halides is 6. The lowest BCUT2D eigenvalue weighted by atomic mass is 9.76. The molecule has 0 fully saturated rings. The number of halogens is 9. The molecule has 0 aromatic heterocycles. The van der Waals surface area contributed by atoms with Gasteiger partial charge in [0.25, 0.3) is 5.91 Å². The molecule has 0 saturated carbocycles. The van der Waals surface area contributed by atoms with Crippen LogP contribution in [0.2, 0.25) is 0 Å². The van der Waals surface area contributed by atoms with E-state index in [1.165, 1.54) is 12.1 Å². The smallest absolute Gasteiger partial charge is 0.338 e. The molecular formula is C29H18F9NO. The number of benzene rings is 4. The van der Waals surface area contributed by atoms with Crippen LogP contribution in [0, 0.1) is 17.5 Å². The number of amides is 1. The fourth-order valence-corrected chi connectivity index (χ4v) is 4.40. The molecule has 4 rings (SSSR count). The monoisotopic (exact) mass is 567 g/mol. The van der Waals surface area contributed by atoms with E-state index in [0.29, 0.717) is 17.7 Å². The molecule has 0 unspecified atom stereocenters. The average molecular weight is 567 g/mol. The second kappa shape index (κ2) is 10.7. The van der Waals surface area contributed by atoms with Crippen LogP contribution in [-0.2, 0) is 24.3 Å². The Labute approximate surface area is 222 Å². The lowest BCUT2D eigenvalue weighted by molar-refractivity contribution is -0.138. The van der Waals surface area contributed by atoms with E-state index < -0.39 is 64.4 Å². The highest BCUT2D eigenvalue weighted by atomic mass is 19.4. The molecule has 11 heteroatoms. The van der Waals surface area contributed by atoms with Gasteiger partial charge in [-0.1, -0.05) is 54.6 Å². The van der Waals surface area contributed by atoms with Crippen LogP contribution in [-0.4, -0.2) is 5.91 Å². The number of nitrogens with one attached hydrogen (secondary N) is 1. The Balaban J connectivity index is 2.03. The van der Waals surface area contributed by atoms with E-state index in [0.717, 1.165) is 36.4 Å². The van der Waals surface area contributed by atoms with Crippen molar-refractivity contribution in [3.05, 3.63) is 142 Å². The maximum Gasteiger partial charge on any atom is 0.416 e. The third-order valence-corrected chi connectivity index (χ3v) is 6.24. The lowest BCUT2D eigenvalue weighted by Crippen LogP contribution is -2.49. The van der Waals surface area contributed by atoms with E-state index in [1.807, 2.05) is 0 Å². The van der Waals surface area contributed by atoms with Gasteiger partial charge in [-0.05, 0) is 41.0 Å². The van der Waals surface area contributed by atoms with Crippen molar-refractivity contribution in [2.45, 2.75) is 24.3 Å². The molecule has 0 atom stereocenters. The molecule has 2 nitrogen and oxygen atoms in total. The minimum atomic E-state index is -4.87. The third-order valence-electron chi connectivity index (χ3n) is 6.24. The Morgan fingerprint density at radius 1 is 0.600 bits per heavy atom. The zero-order valence-corrected chi connectivity index (χ0v) is 20.2. The third kappa shape index (κ3) is 5.98. The molecule has 0 bridgehead atoms. The maximum absolute atomic E-state index is 14.6. The van der Waals surface area contributed by atoms with Crippen molar-refractivity contribution in [2.24, 2.45) is 0 Å². The summed E-state index contributed by atoms with van der Waals surface area (Å²) in [6.07, 6.45) is -10.2. The van der Waals surface area contributed by atoms with Crippen LogP contribution in [0.1, 0.15) is 38.2 Å². The quantitative estimate of drug-likeness (QED) is 0.235. The van der Waals surface area contributed by atoms with Crippen LogP contribution in [0.4, 0.5) is 39.5 Å². The first kappa shape index (κ1) is 28.7. The summed E-state index contributed by atoms with van der Waals surface area (Å²) in [7, 11) is 0. The Kier molecular flexibility index (Phi) is 7.69. The second-order valence-corrected chi connectivity index (χ2v) is 8.92. The topological polar surface area (TPSA) is 29.1 Å². The SMILES string of the molecule is O=C(NC(Cc1ccccc1)(c1cccc(C(F)(F)F)c1)c1cccc(C(F)(F)F)c1)c1c(F)cc(F)cc1F. The lowest BCUT2D eigenvalue weighted by Gasteiger charge is -2.37. The highest BCUT2D eigenvalue weighted by molar-refractivity contribution is 5.95. The number of hydrogen-bond acceptors (Lipinski definition) is 1. The van der Waals surface area contributed by atoms with Gasteiger partial charge in [-0.2, -0.15) is 26.3 Å². The van der Waals surface area contributed by atoms with E-state index in [9.17, 15) is 44.3 Å². The van der Waals surface area contributed by atoms with Crippen molar-refractivity contribution in [3.8, 4) is 0 Å². The molecule has 1 amide bonds. The highest BCUT2D eigenvalue weighted by Gasteiger charge is 2.41. The van der Waals surface area contributed by atoms with Crippen LogP contribution < -0.4 is 5.32 Å². The predicted molar refractivity (Wildman–Crippen MR) is 128 cm³/mol. The van der Waals surface area contributed by atoms with Gasteiger partial charge >= 0.3 is 12.4 Å². The Morgan fingerprint density at radius 2 is 1.05 bits per heavy atom. The van der Waals surface area contributed by atoms with Gasteiger partial charge in [0.15, 0.2) is 0 Å². The molecule has 0 spiro atoms. The normalized spacial score (nSPS) is 12.3. The van der Waals surface area contributed by atoms with Crippen molar-refractivity contribution in [2.75, 3.05) is 0 Å². The first-order valence-corrected chi connectivity index (χ1v) is 11.6. The fourth-order valence-electron chi connectivity index (χ4n) is 4.40. The molecule has 0 aliphatic rings. The van der Waals surface area contributed by atoms with Crippen LogP contribution in [0.15, 0.2) is 91.0 Å². The van der Waals surface area contributed by atoms with Gasteiger partial charge in [0.1, 0.15) is 23.0 Å². The summed E-state index contributed by atoms with van der Waals surface area (Å²) in [6.45, 7) is 0. The Hall–Kier alpha value is -4.28. The summed E-state index contributed by atoms with van der Waals surface area (Å²) < 4.78 is 125. The molecule has 40 heavy (non-hydrogen) atoms. The van der Waals surface area contributed by atoms with E-state index in [1.54, 1.807) is 18.2 Å². The summed E-state index contributed by atoms with van der Waals surface area (Å²) in [5.74, 6) is -6.09.